The number of aliphatic hydroxyl groups is 1. The Morgan fingerprint density at radius 2 is 2.19 bits per heavy atom. The minimum Gasteiger partial charge on any atom is -0.392 e. The molecule has 0 spiro atoms. The van der Waals surface area contributed by atoms with Gasteiger partial charge in [-0.1, -0.05) is 12.1 Å². The third kappa shape index (κ3) is 4.03. The number of likely N-dealkylation sites (tertiary alicyclic amines) is 1. The second kappa shape index (κ2) is 6.56. The maximum atomic E-state index is 9.94. The van der Waals surface area contributed by atoms with Gasteiger partial charge in [0.05, 0.1) is 6.10 Å². The summed E-state index contributed by atoms with van der Waals surface area (Å²) < 4.78 is 0. The van der Waals surface area contributed by atoms with Crippen LogP contribution < -0.4 is 5.73 Å². The Bertz CT molecular complexity index is 515. The van der Waals surface area contributed by atoms with Crippen molar-refractivity contribution in [2.45, 2.75) is 32.0 Å². The summed E-state index contributed by atoms with van der Waals surface area (Å²) in [6.07, 6.45) is 0.606. The van der Waals surface area contributed by atoms with Crippen molar-refractivity contribution in [3.8, 4) is 0 Å². The number of rotatable bonds is 5. The molecule has 0 bridgehead atoms. The molecule has 0 radical (unpaired) electrons. The normalized spacial score (nSPS) is 22.9. The first-order valence-electron chi connectivity index (χ1n) is 7.37. The van der Waals surface area contributed by atoms with Crippen LogP contribution in [0.3, 0.4) is 0 Å². The van der Waals surface area contributed by atoms with Crippen molar-refractivity contribution in [3.05, 3.63) is 34.9 Å². The smallest absolute Gasteiger partial charge is 0.122 e. The Morgan fingerprint density at radius 1 is 1.48 bits per heavy atom. The first kappa shape index (κ1) is 15.9. The van der Waals surface area contributed by atoms with Crippen LogP contribution in [0.25, 0.3) is 0 Å². The van der Waals surface area contributed by atoms with Crippen molar-refractivity contribution in [1.82, 2.24) is 9.80 Å². The van der Waals surface area contributed by atoms with E-state index in [1.165, 1.54) is 5.56 Å². The Hall–Kier alpha value is -1.43. The number of likely N-dealkylation sites (N-methyl/N-ethyl adjacent to an activating group) is 1. The lowest BCUT2D eigenvalue weighted by atomic mass is 10.0. The Balaban J connectivity index is 2.11. The Morgan fingerprint density at radius 3 is 2.76 bits per heavy atom. The van der Waals surface area contributed by atoms with Crippen molar-refractivity contribution in [3.63, 3.8) is 0 Å². The zero-order valence-electron chi connectivity index (χ0n) is 13.1. The van der Waals surface area contributed by atoms with Gasteiger partial charge in [0.1, 0.15) is 5.84 Å². The lowest BCUT2D eigenvalue weighted by Crippen LogP contribution is -2.37. The summed E-state index contributed by atoms with van der Waals surface area (Å²) in [7, 11) is 4.13. The fourth-order valence-corrected chi connectivity index (χ4v) is 3.02. The number of hydrogen-bond donors (Lipinski definition) is 3. The van der Waals surface area contributed by atoms with Crippen molar-refractivity contribution < 1.29 is 5.11 Å². The van der Waals surface area contributed by atoms with E-state index in [2.05, 4.69) is 30.8 Å². The molecule has 0 amide bonds. The van der Waals surface area contributed by atoms with Crippen LogP contribution in [-0.4, -0.2) is 60.1 Å². The van der Waals surface area contributed by atoms with E-state index in [0.717, 1.165) is 37.2 Å². The molecule has 4 N–H and O–H groups in total. The summed E-state index contributed by atoms with van der Waals surface area (Å²) in [6, 6.07) is 6.30. The van der Waals surface area contributed by atoms with Crippen LogP contribution in [0.1, 0.15) is 23.1 Å². The molecular formula is C16H26N4O. The number of benzene rings is 1. The zero-order chi connectivity index (χ0) is 15.6. The number of β-amino-alcohol motifs (C(OH)–C–C–N with tert-alkyl or cyclic N) is 1. The average molecular weight is 290 g/mol. The van der Waals surface area contributed by atoms with Crippen LogP contribution in [0.2, 0.25) is 0 Å². The maximum Gasteiger partial charge on any atom is 0.122 e. The van der Waals surface area contributed by atoms with Crippen molar-refractivity contribution >= 4 is 5.84 Å². The molecule has 1 heterocycles. The minimum absolute atomic E-state index is 0.103. The number of amidine groups is 1. The summed E-state index contributed by atoms with van der Waals surface area (Å²) in [5.74, 6) is 0.103. The van der Waals surface area contributed by atoms with Gasteiger partial charge < -0.3 is 15.7 Å². The molecule has 1 aromatic rings. The van der Waals surface area contributed by atoms with Gasteiger partial charge in [-0.15, -0.1) is 0 Å². The molecule has 1 fully saturated rings. The molecule has 1 saturated heterocycles. The van der Waals surface area contributed by atoms with Gasteiger partial charge in [-0.25, -0.2) is 0 Å². The molecule has 5 heteroatoms. The van der Waals surface area contributed by atoms with Crippen LogP contribution >= 0.6 is 0 Å². The van der Waals surface area contributed by atoms with Gasteiger partial charge in [-0.3, -0.25) is 10.3 Å². The van der Waals surface area contributed by atoms with E-state index in [1.54, 1.807) is 0 Å². The van der Waals surface area contributed by atoms with Crippen molar-refractivity contribution in [2.75, 3.05) is 27.2 Å². The molecule has 0 aromatic heterocycles. The minimum atomic E-state index is -0.230. The largest absolute Gasteiger partial charge is 0.392 e. The van der Waals surface area contributed by atoms with Crippen LogP contribution in [-0.2, 0) is 6.54 Å². The molecule has 2 atom stereocenters. The second-order valence-corrected chi connectivity index (χ2v) is 6.29. The fourth-order valence-electron chi connectivity index (χ4n) is 3.02. The second-order valence-electron chi connectivity index (χ2n) is 6.29. The molecule has 5 nitrogen and oxygen atoms in total. The molecule has 21 heavy (non-hydrogen) atoms. The Kier molecular flexibility index (Phi) is 4.98. The standard InChI is InChI=1S/C16H26N4O/c1-11-6-12(16(17)18)4-5-13(11)8-20-10-15(21)7-14(20)9-19(2)3/h4-6,14-15,21H,7-10H2,1-3H3,(H3,17,18). The molecule has 1 aliphatic heterocycles. The van der Waals surface area contributed by atoms with E-state index >= 15 is 0 Å². The number of nitrogen functional groups attached to an aromatic ring is 1. The molecule has 1 aromatic carbocycles. The average Bonchev–Trinajstić information content (AvgIpc) is 2.70. The predicted octanol–water partition coefficient (Wildman–Crippen LogP) is 0.776. The van der Waals surface area contributed by atoms with Gasteiger partial charge in [-0.05, 0) is 44.6 Å². The highest BCUT2D eigenvalue weighted by atomic mass is 16.3. The molecule has 116 valence electrons. The van der Waals surface area contributed by atoms with Gasteiger partial charge in [0.25, 0.3) is 0 Å². The lowest BCUT2D eigenvalue weighted by molar-refractivity contribution is 0.169. The number of nitrogens with zero attached hydrogens (tertiary/aromatic N) is 2. The first-order chi connectivity index (χ1) is 9.86. The topological polar surface area (TPSA) is 76.6 Å². The highest BCUT2D eigenvalue weighted by Gasteiger charge is 2.31. The maximum absolute atomic E-state index is 9.94. The van der Waals surface area contributed by atoms with E-state index in [0.29, 0.717) is 6.04 Å². The first-order valence-corrected chi connectivity index (χ1v) is 7.37. The highest BCUT2D eigenvalue weighted by Crippen LogP contribution is 2.22. The molecule has 2 rings (SSSR count). The summed E-state index contributed by atoms with van der Waals surface area (Å²) in [5.41, 5.74) is 8.67. The van der Waals surface area contributed by atoms with E-state index in [1.807, 2.05) is 18.2 Å². The molecule has 0 aliphatic carbocycles. The van der Waals surface area contributed by atoms with Crippen LogP contribution in [0.4, 0.5) is 0 Å². The molecule has 0 saturated carbocycles. The van der Waals surface area contributed by atoms with E-state index in [9.17, 15) is 5.11 Å². The van der Waals surface area contributed by atoms with Gasteiger partial charge in [0.2, 0.25) is 0 Å². The van der Waals surface area contributed by atoms with Gasteiger partial charge in [0, 0.05) is 31.2 Å². The number of nitrogens with two attached hydrogens (primary N) is 1. The zero-order valence-corrected chi connectivity index (χ0v) is 13.1. The summed E-state index contributed by atoms with van der Waals surface area (Å²) in [6.45, 7) is 4.57. The van der Waals surface area contributed by atoms with E-state index in [4.69, 9.17) is 11.1 Å². The van der Waals surface area contributed by atoms with Gasteiger partial charge >= 0.3 is 0 Å². The molecule has 2 unspecified atom stereocenters. The number of hydrogen-bond acceptors (Lipinski definition) is 4. The third-order valence-corrected chi connectivity index (χ3v) is 4.11. The van der Waals surface area contributed by atoms with E-state index < -0.39 is 0 Å². The summed E-state index contributed by atoms with van der Waals surface area (Å²) in [5, 5.41) is 17.4. The van der Waals surface area contributed by atoms with Crippen LogP contribution in [0, 0.1) is 12.3 Å². The third-order valence-electron chi connectivity index (χ3n) is 4.11. The van der Waals surface area contributed by atoms with Crippen LogP contribution in [0.5, 0.6) is 0 Å². The van der Waals surface area contributed by atoms with Gasteiger partial charge in [0.15, 0.2) is 0 Å². The van der Waals surface area contributed by atoms with E-state index in [-0.39, 0.29) is 11.9 Å². The van der Waals surface area contributed by atoms with Crippen molar-refractivity contribution in [1.29, 1.82) is 5.41 Å². The quantitative estimate of drug-likeness (QED) is 0.553. The Labute approximate surface area is 126 Å². The number of aryl methyl sites for hydroxylation is 1. The highest BCUT2D eigenvalue weighted by molar-refractivity contribution is 5.95. The number of nitrogens with one attached hydrogen (secondary N) is 1. The lowest BCUT2D eigenvalue weighted by Gasteiger charge is -2.27. The SMILES string of the molecule is Cc1cc(C(=N)N)ccc1CN1CC(O)CC1CN(C)C. The fraction of sp³-hybridized carbons (Fsp3) is 0.562. The monoisotopic (exact) mass is 290 g/mol. The number of aliphatic hydroxyl groups excluding tert-OH is 1. The summed E-state index contributed by atoms with van der Waals surface area (Å²) >= 11 is 0. The summed E-state index contributed by atoms with van der Waals surface area (Å²) in [4.78, 5) is 4.52. The van der Waals surface area contributed by atoms with Crippen LogP contribution in [0.15, 0.2) is 18.2 Å². The van der Waals surface area contributed by atoms with Gasteiger partial charge in [-0.2, -0.15) is 0 Å². The molecule has 1 aliphatic rings. The van der Waals surface area contributed by atoms with Crippen molar-refractivity contribution in [2.24, 2.45) is 5.73 Å². The predicted molar refractivity (Wildman–Crippen MR) is 85.6 cm³/mol. The molecular weight excluding hydrogens is 264 g/mol.